The highest BCUT2D eigenvalue weighted by atomic mass is 16.4. The Bertz CT molecular complexity index is 1010. The molecule has 1 aliphatic heterocycles. The summed E-state index contributed by atoms with van der Waals surface area (Å²) >= 11 is 0. The summed E-state index contributed by atoms with van der Waals surface area (Å²) in [4.78, 5) is 29.9. The van der Waals surface area contributed by atoms with Crippen molar-refractivity contribution in [1.29, 1.82) is 0 Å². The summed E-state index contributed by atoms with van der Waals surface area (Å²) in [6, 6.07) is 8.63. The predicted molar refractivity (Wildman–Crippen MR) is 93.1 cm³/mol. The molecule has 4 rings (SSSR count). The zero-order valence-electron chi connectivity index (χ0n) is 14.2. The first-order valence-corrected chi connectivity index (χ1v) is 8.38. The molecule has 0 unspecified atom stereocenters. The van der Waals surface area contributed by atoms with Gasteiger partial charge in [-0.25, -0.2) is 9.48 Å². The molecule has 1 amide bonds. The number of carboxylic acid groups (broad SMARTS) is 1. The fourth-order valence-corrected chi connectivity index (χ4v) is 3.43. The van der Waals surface area contributed by atoms with Crippen LogP contribution in [0.5, 0.6) is 0 Å². The molecule has 0 spiro atoms. The largest absolute Gasteiger partial charge is 0.480 e. The van der Waals surface area contributed by atoms with E-state index >= 15 is 0 Å². The second-order valence-electron chi connectivity index (χ2n) is 6.28. The van der Waals surface area contributed by atoms with Crippen LogP contribution in [0.2, 0.25) is 0 Å². The Hall–Kier alpha value is -3.29. The molecule has 132 valence electrons. The Balaban J connectivity index is 1.75. The summed E-state index contributed by atoms with van der Waals surface area (Å²) in [5.74, 6) is -1.38. The van der Waals surface area contributed by atoms with E-state index in [1.165, 1.54) is 4.90 Å². The van der Waals surface area contributed by atoms with Crippen molar-refractivity contribution in [2.45, 2.75) is 25.8 Å². The molecular weight excluding hydrogens is 334 g/mol. The summed E-state index contributed by atoms with van der Waals surface area (Å²) in [5.41, 5.74) is 2.34. The molecule has 26 heavy (non-hydrogen) atoms. The summed E-state index contributed by atoms with van der Waals surface area (Å²) < 4.78 is 1.60. The fraction of sp³-hybridized carbons (Fsp3) is 0.278. The second-order valence-corrected chi connectivity index (χ2v) is 6.28. The second kappa shape index (κ2) is 6.21. The topological polar surface area (TPSA) is 101 Å². The molecule has 0 bridgehead atoms. The Kier molecular flexibility index (Phi) is 3.87. The maximum absolute atomic E-state index is 12.8. The molecule has 8 nitrogen and oxygen atoms in total. The summed E-state index contributed by atoms with van der Waals surface area (Å²) in [5, 5.41) is 18.4. The molecule has 2 aromatic heterocycles. The van der Waals surface area contributed by atoms with Crippen molar-refractivity contribution in [2.24, 2.45) is 0 Å². The van der Waals surface area contributed by atoms with Gasteiger partial charge >= 0.3 is 5.97 Å². The number of amides is 1. The predicted octanol–water partition coefficient (Wildman–Crippen LogP) is 1.81. The molecule has 0 aliphatic carbocycles. The van der Waals surface area contributed by atoms with E-state index in [9.17, 15) is 14.7 Å². The van der Waals surface area contributed by atoms with Crippen LogP contribution < -0.4 is 0 Å². The Morgan fingerprint density at radius 3 is 2.88 bits per heavy atom. The van der Waals surface area contributed by atoms with Gasteiger partial charge in [0.2, 0.25) is 0 Å². The van der Waals surface area contributed by atoms with Crippen LogP contribution in [0.4, 0.5) is 0 Å². The van der Waals surface area contributed by atoms with Gasteiger partial charge in [0.05, 0.1) is 16.9 Å². The van der Waals surface area contributed by atoms with Crippen LogP contribution >= 0.6 is 0 Å². The number of likely N-dealkylation sites (tertiary alicyclic amines) is 1. The van der Waals surface area contributed by atoms with Gasteiger partial charge in [-0.3, -0.25) is 9.78 Å². The number of carbonyl (C=O) groups excluding carboxylic acids is 1. The van der Waals surface area contributed by atoms with E-state index in [1.807, 2.05) is 30.3 Å². The monoisotopic (exact) mass is 351 g/mol. The molecule has 3 heterocycles. The number of pyridine rings is 1. The van der Waals surface area contributed by atoms with E-state index in [-0.39, 0.29) is 5.69 Å². The number of hydrogen-bond donors (Lipinski definition) is 1. The maximum atomic E-state index is 12.8. The van der Waals surface area contributed by atoms with Gasteiger partial charge in [-0.15, -0.1) is 5.10 Å². The highest BCUT2D eigenvalue weighted by molar-refractivity contribution is 5.96. The lowest BCUT2D eigenvalue weighted by Crippen LogP contribution is -2.40. The lowest BCUT2D eigenvalue weighted by Gasteiger charge is -2.20. The van der Waals surface area contributed by atoms with Crippen LogP contribution in [0.1, 0.15) is 29.0 Å². The molecule has 1 atom stereocenters. The van der Waals surface area contributed by atoms with Crippen molar-refractivity contribution < 1.29 is 14.7 Å². The number of fused-ring (bicyclic) bond motifs is 1. The number of nitrogens with zero attached hydrogens (tertiary/aromatic N) is 5. The van der Waals surface area contributed by atoms with Gasteiger partial charge in [-0.05, 0) is 44.0 Å². The van der Waals surface area contributed by atoms with Crippen LogP contribution in [0.15, 0.2) is 36.5 Å². The third-order valence-electron chi connectivity index (χ3n) is 4.75. The van der Waals surface area contributed by atoms with Gasteiger partial charge in [0.1, 0.15) is 6.04 Å². The van der Waals surface area contributed by atoms with Crippen molar-refractivity contribution in [1.82, 2.24) is 24.9 Å². The molecule has 8 heteroatoms. The molecule has 0 radical (unpaired) electrons. The number of rotatable bonds is 3. The lowest BCUT2D eigenvalue weighted by molar-refractivity contribution is -0.141. The minimum absolute atomic E-state index is 0.180. The first kappa shape index (κ1) is 16.2. The summed E-state index contributed by atoms with van der Waals surface area (Å²) in [6.45, 7) is 2.18. The molecule has 1 aliphatic rings. The standard InChI is InChI=1S/C18H17N5O3/c1-11-16(17(24)22-10-4-8-15(22)18(25)26)20-21-23(11)14-7-2-6-13-12(14)5-3-9-19-13/h2-3,5-7,9,15H,4,8,10H2,1H3,(H,25,26)/t15-/m1/s1. The number of aromatic nitrogens is 4. The molecule has 0 saturated carbocycles. The zero-order chi connectivity index (χ0) is 18.3. The normalized spacial score (nSPS) is 17.0. The number of hydrogen-bond acceptors (Lipinski definition) is 5. The summed E-state index contributed by atoms with van der Waals surface area (Å²) in [6.07, 6.45) is 2.85. The van der Waals surface area contributed by atoms with Gasteiger partial charge in [-0.2, -0.15) is 0 Å². The molecule has 1 saturated heterocycles. The van der Waals surface area contributed by atoms with Crippen LogP contribution in [-0.4, -0.2) is 54.4 Å². The molecule has 1 N–H and O–H groups in total. The van der Waals surface area contributed by atoms with Gasteiger partial charge in [0, 0.05) is 18.1 Å². The highest BCUT2D eigenvalue weighted by Gasteiger charge is 2.36. The number of carbonyl (C=O) groups is 2. The van der Waals surface area contributed by atoms with Crippen LogP contribution in [0.3, 0.4) is 0 Å². The van der Waals surface area contributed by atoms with Gasteiger partial charge in [0.25, 0.3) is 5.91 Å². The van der Waals surface area contributed by atoms with E-state index in [0.717, 1.165) is 16.6 Å². The third-order valence-corrected chi connectivity index (χ3v) is 4.75. The smallest absolute Gasteiger partial charge is 0.326 e. The van der Waals surface area contributed by atoms with Crippen LogP contribution in [0, 0.1) is 6.92 Å². The Labute approximate surface area is 149 Å². The van der Waals surface area contributed by atoms with Crippen molar-refractivity contribution >= 4 is 22.8 Å². The van der Waals surface area contributed by atoms with Crippen molar-refractivity contribution in [2.75, 3.05) is 6.54 Å². The third kappa shape index (κ3) is 2.50. The van der Waals surface area contributed by atoms with Crippen molar-refractivity contribution in [3.05, 3.63) is 47.9 Å². The maximum Gasteiger partial charge on any atom is 0.326 e. The van der Waals surface area contributed by atoms with E-state index in [2.05, 4.69) is 15.3 Å². The average molecular weight is 351 g/mol. The lowest BCUT2D eigenvalue weighted by atomic mass is 10.1. The minimum Gasteiger partial charge on any atom is -0.480 e. The quantitative estimate of drug-likeness (QED) is 0.772. The molecule has 1 aromatic carbocycles. The SMILES string of the molecule is Cc1c(C(=O)N2CCC[C@@H]2C(=O)O)nnn1-c1cccc2ncccc12. The molecule has 1 fully saturated rings. The van der Waals surface area contributed by atoms with E-state index in [4.69, 9.17) is 0 Å². The molecule has 3 aromatic rings. The Morgan fingerprint density at radius 1 is 1.23 bits per heavy atom. The van der Waals surface area contributed by atoms with Gasteiger partial charge in [-0.1, -0.05) is 11.3 Å². The fourth-order valence-electron chi connectivity index (χ4n) is 3.43. The van der Waals surface area contributed by atoms with Crippen LogP contribution in [-0.2, 0) is 4.79 Å². The zero-order valence-corrected chi connectivity index (χ0v) is 14.2. The highest BCUT2D eigenvalue weighted by Crippen LogP contribution is 2.24. The van der Waals surface area contributed by atoms with Crippen molar-refractivity contribution in [3.8, 4) is 5.69 Å². The van der Waals surface area contributed by atoms with E-state index < -0.39 is 17.9 Å². The first-order chi connectivity index (χ1) is 12.6. The molecular formula is C18H17N5O3. The number of aliphatic carboxylic acids is 1. The van der Waals surface area contributed by atoms with Crippen molar-refractivity contribution in [3.63, 3.8) is 0 Å². The van der Waals surface area contributed by atoms with E-state index in [1.54, 1.807) is 17.8 Å². The first-order valence-electron chi connectivity index (χ1n) is 8.38. The van der Waals surface area contributed by atoms with Crippen LogP contribution in [0.25, 0.3) is 16.6 Å². The number of carboxylic acids is 1. The number of benzene rings is 1. The minimum atomic E-state index is -0.985. The van der Waals surface area contributed by atoms with E-state index in [0.29, 0.717) is 25.1 Å². The summed E-state index contributed by atoms with van der Waals surface area (Å²) in [7, 11) is 0. The Morgan fingerprint density at radius 2 is 2.08 bits per heavy atom. The average Bonchev–Trinajstić information content (AvgIpc) is 3.28. The van der Waals surface area contributed by atoms with Gasteiger partial charge in [0.15, 0.2) is 5.69 Å². The van der Waals surface area contributed by atoms with Gasteiger partial charge < -0.3 is 10.0 Å².